The zero-order chi connectivity index (χ0) is 17.5. The number of hydrogen-bond acceptors (Lipinski definition) is 3. The van der Waals surface area contributed by atoms with Crippen LogP contribution in [0, 0.1) is 0 Å². The molecular weight excluding hydrogens is 286 g/mol. The van der Waals surface area contributed by atoms with Gasteiger partial charge in [0.05, 0.1) is 0 Å². The fourth-order valence-corrected chi connectivity index (χ4v) is 2.06. The minimum absolute atomic E-state index is 0.0529. The van der Waals surface area contributed by atoms with Crippen LogP contribution in [0.15, 0.2) is 48.5 Å². The molecule has 0 saturated carbocycles. The minimum Gasteiger partial charge on any atom is -0.355 e. The summed E-state index contributed by atoms with van der Waals surface area (Å²) in [7, 11) is 1.50. The van der Waals surface area contributed by atoms with Crippen molar-refractivity contribution < 1.29 is 4.79 Å². The van der Waals surface area contributed by atoms with Crippen molar-refractivity contribution in [2.45, 2.75) is 20.8 Å². The monoisotopic (exact) mass is 317 g/mol. The Hall–Kier alpha value is -1.91. The summed E-state index contributed by atoms with van der Waals surface area (Å²) in [5.74, 6) is 0.0529. The molecule has 0 aliphatic rings. The van der Waals surface area contributed by atoms with Gasteiger partial charge in [-0.1, -0.05) is 62.4 Å². The Morgan fingerprint density at radius 2 is 1.35 bits per heavy atom. The SMILES string of the molecule is CCN(CC)CCNC(C)=O.CN.c1ccc2ccccc2c1. The van der Waals surface area contributed by atoms with Crippen LogP contribution in [0.1, 0.15) is 20.8 Å². The van der Waals surface area contributed by atoms with Crippen LogP contribution in [0.5, 0.6) is 0 Å². The third-order valence-corrected chi connectivity index (χ3v) is 3.36. The van der Waals surface area contributed by atoms with Crippen molar-refractivity contribution in [2.24, 2.45) is 5.73 Å². The Morgan fingerprint density at radius 3 is 1.65 bits per heavy atom. The Labute approximate surface area is 140 Å². The van der Waals surface area contributed by atoms with Crippen molar-refractivity contribution in [1.82, 2.24) is 10.2 Å². The number of benzene rings is 2. The molecule has 2 aromatic rings. The van der Waals surface area contributed by atoms with Crippen LogP contribution in [0.2, 0.25) is 0 Å². The molecule has 4 nitrogen and oxygen atoms in total. The molecule has 1 amide bonds. The van der Waals surface area contributed by atoms with E-state index in [0.717, 1.165) is 26.2 Å². The number of fused-ring (bicyclic) bond motifs is 1. The van der Waals surface area contributed by atoms with Gasteiger partial charge in [0.2, 0.25) is 5.91 Å². The Kier molecular flexibility index (Phi) is 12.6. The van der Waals surface area contributed by atoms with Crippen molar-refractivity contribution in [3.63, 3.8) is 0 Å². The first kappa shape index (κ1) is 21.1. The van der Waals surface area contributed by atoms with Gasteiger partial charge in [0.25, 0.3) is 0 Å². The molecule has 0 fully saturated rings. The van der Waals surface area contributed by atoms with E-state index >= 15 is 0 Å². The Bertz CT molecular complexity index is 473. The highest BCUT2D eigenvalue weighted by Crippen LogP contribution is 2.11. The first-order valence-electron chi connectivity index (χ1n) is 8.15. The fraction of sp³-hybridized carbons (Fsp3) is 0.421. The second-order valence-corrected chi connectivity index (χ2v) is 4.86. The van der Waals surface area contributed by atoms with E-state index in [1.165, 1.54) is 17.8 Å². The normalized spacial score (nSPS) is 9.48. The third kappa shape index (κ3) is 9.66. The van der Waals surface area contributed by atoms with Crippen molar-refractivity contribution >= 4 is 16.7 Å². The molecule has 0 heterocycles. The van der Waals surface area contributed by atoms with Gasteiger partial charge in [-0.15, -0.1) is 0 Å². The summed E-state index contributed by atoms with van der Waals surface area (Å²) in [6.45, 7) is 9.60. The largest absolute Gasteiger partial charge is 0.355 e. The highest BCUT2D eigenvalue weighted by Gasteiger charge is 1.97. The smallest absolute Gasteiger partial charge is 0.216 e. The van der Waals surface area contributed by atoms with Gasteiger partial charge in [-0.2, -0.15) is 0 Å². The Morgan fingerprint density at radius 1 is 0.957 bits per heavy atom. The van der Waals surface area contributed by atoms with Crippen molar-refractivity contribution in [3.05, 3.63) is 48.5 Å². The van der Waals surface area contributed by atoms with E-state index in [1.54, 1.807) is 6.92 Å². The maximum Gasteiger partial charge on any atom is 0.216 e. The van der Waals surface area contributed by atoms with Gasteiger partial charge in [0.15, 0.2) is 0 Å². The molecule has 0 aliphatic carbocycles. The molecule has 0 aliphatic heterocycles. The van der Waals surface area contributed by atoms with E-state index in [1.807, 2.05) is 0 Å². The van der Waals surface area contributed by atoms with Crippen molar-refractivity contribution in [2.75, 3.05) is 33.2 Å². The third-order valence-electron chi connectivity index (χ3n) is 3.36. The maximum atomic E-state index is 10.5. The summed E-state index contributed by atoms with van der Waals surface area (Å²) < 4.78 is 0. The van der Waals surface area contributed by atoms with E-state index in [0.29, 0.717) is 0 Å². The van der Waals surface area contributed by atoms with Crippen LogP contribution in [0.25, 0.3) is 10.8 Å². The number of carbonyl (C=O) groups excluding carboxylic acids is 1. The van der Waals surface area contributed by atoms with Crippen LogP contribution >= 0.6 is 0 Å². The van der Waals surface area contributed by atoms with Gasteiger partial charge >= 0.3 is 0 Å². The molecular formula is C19H31N3O. The van der Waals surface area contributed by atoms with Gasteiger partial charge in [-0.05, 0) is 30.9 Å². The average Bonchev–Trinajstić information content (AvgIpc) is 2.61. The van der Waals surface area contributed by atoms with Crippen LogP contribution in [0.3, 0.4) is 0 Å². The summed E-state index contributed by atoms with van der Waals surface area (Å²) in [6, 6.07) is 16.7. The van der Waals surface area contributed by atoms with Crippen LogP contribution in [-0.2, 0) is 4.79 Å². The number of hydrogen-bond donors (Lipinski definition) is 2. The number of rotatable bonds is 5. The summed E-state index contributed by atoms with van der Waals surface area (Å²) in [6.07, 6.45) is 0. The molecule has 128 valence electrons. The Balaban J connectivity index is 0.000000380. The second kappa shape index (κ2) is 13.7. The average molecular weight is 317 g/mol. The van der Waals surface area contributed by atoms with Gasteiger partial charge in [0, 0.05) is 20.0 Å². The number of nitrogens with two attached hydrogens (primary N) is 1. The van der Waals surface area contributed by atoms with Crippen LogP contribution < -0.4 is 11.1 Å². The van der Waals surface area contributed by atoms with E-state index in [9.17, 15) is 4.79 Å². The molecule has 0 unspecified atom stereocenters. The molecule has 3 N–H and O–H groups in total. The molecule has 0 saturated heterocycles. The van der Waals surface area contributed by atoms with E-state index in [2.05, 4.69) is 78.3 Å². The van der Waals surface area contributed by atoms with Crippen LogP contribution in [-0.4, -0.2) is 44.0 Å². The highest BCUT2D eigenvalue weighted by atomic mass is 16.1. The maximum absolute atomic E-state index is 10.5. The summed E-state index contributed by atoms with van der Waals surface area (Å²) in [5.41, 5.74) is 4.50. The number of likely N-dealkylation sites (N-methyl/N-ethyl adjacent to an activating group) is 1. The number of nitrogens with zero attached hydrogens (tertiary/aromatic N) is 1. The molecule has 23 heavy (non-hydrogen) atoms. The molecule has 0 spiro atoms. The molecule has 2 aromatic carbocycles. The summed E-state index contributed by atoms with van der Waals surface area (Å²) >= 11 is 0. The predicted octanol–water partition coefficient (Wildman–Crippen LogP) is 2.88. The first-order chi connectivity index (χ1) is 11.2. The van der Waals surface area contributed by atoms with Gasteiger partial charge in [-0.25, -0.2) is 0 Å². The lowest BCUT2D eigenvalue weighted by Crippen LogP contribution is -2.33. The zero-order valence-electron chi connectivity index (χ0n) is 14.9. The number of nitrogens with one attached hydrogen (secondary N) is 1. The lowest BCUT2D eigenvalue weighted by atomic mass is 10.1. The number of carbonyl (C=O) groups is 1. The fourth-order valence-electron chi connectivity index (χ4n) is 2.06. The topological polar surface area (TPSA) is 58.4 Å². The summed E-state index contributed by atoms with van der Waals surface area (Å²) in [5, 5.41) is 5.38. The van der Waals surface area contributed by atoms with Crippen molar-refractivity contribution in [3.8, 4) is 0 Å². The minimum atomic E-state index is 0.0529. The first-order valence-corrected chi connectivity index (χ1v) is 8.15. The van der Waals surface area contributed by atoms with Gasteiger partial charge in [0.1, 0.15) is 0 Å². The lowest BCUT2D eigenvalue weighted by molar-refractivity contribution is -0.119. The lowest BCUT2D eigenvalue weighted by Gasteiger charge is -2.17. The van der Waals surface area contributed by atoms with E-state index in [4.69, 9.17) is 0 Å². The second-order valence-electron chi connectivity index (χ2n) is 4.86. The molecule has 2 rings (SSSR count). The van der Waals surface area contributed by atoms with E-state index in [-0.39, 0.29) is 5.91 Å². The van der Waals surface area contributed by atoms with Crippen molar-refractivity contribution in [1.29, 1.82) is 0 Å². The molecule has 0 aromatic heterocycles. The predicted molar refractivity (Wildman–Crippen MR) is 101 cm³/mol. The highest BCUT2D eigenvalue weighted by molar-refractivity contribution is 5.82. The zero-order valence-corrected chi connectivity index (χ0v) is 14.9. The molecule has 0 atom stereocenters. The molecule has 0 radical (unpaired) electrons. The van der Waals surface area contributed by atoms with Gasteiger partial charge < -0.3 is 16.0 Å². The quantitative estimate of drug-likeness (QED) is 0.891. The van der Waals surface area contributed by atoms with Gasteiger partial charge in [-0.3, -0.25) is 4.79 Å². The summed E-state index contributed by atoms with van der Waals surface area (Å²) in [4.78, 5) is 12.7. The molecule has 0 bridgehead atoms. The number of amides is 1. The van der Waals surface area contributed by atoms with E-state index < -0.39 is 0 Å². The molecule has 4 heteroatoms. The standard InChI is InChI=1S/C10H8.C8H18N2O.CH5N/c1-2-6-10-8-4-3-7-9(10)5-1;1-4-10(5-2)7-6-9-8(3)11;1-2/h1-8H;4-7H2,1-3H3,(H,9,11);2H2,1H3. The van der Waals surface area contributed by atoms with Crippen LogP contribution in [0.4, 0.5) is 0 Å².